The summed E-state index contributed by atoms with van der Waals surface area (Å²) < 4.78 is 6.87. The lowest BCUT2D eigenvalue weighted by Crippen LogP contribution is -2.52. The van der Waals surface area contributed by atoms with E-state index in [1.807, 2.05) is 32.0 Å². The van der Waals surface area contributed by atoms with Crippen molar-refractivity contribution in [2.75, 3.05) is 7.11 Å². The molecule has 0 spiro atoms. The van der Waals surface area contributed by atoms with E-state index in [-0.39, 0.29) is 5.69 Å². The highest BCUT2D eigenvalue weighted by Crippen LogP contribution is 2.23. The van der Waals surface area contributed by atoms with Crippen LogP contribution in [0, 0.1) is 6.92 Å². The van der Waals surface area contributed by atoms with E-state index >= 15 is 0 Å². The third kappa shape index (κ3) is 3.99. The van der Waals surface area contributed by atoms with Gasteiger partial charge in [0.05, 0.1) is 7.11 Å². The van der Waals surface area contributed by atoms with Crippen LogP contribution in [0.3, 0.4) is 0 Å². The summed E-state index contributed by atoms with van der Waals surface area (Å²) in [6.45, 7) is 5.31. The van der Waals surface area contributed by atoms with Gasteiger partial charge >= 0.3 is 5.97 Å². The molecule has 2 N–H and O–H groups in total. The van der Waals surface area contributed by atoms with E-state index in [9.17, 15) is 14.7 Å². The number of methoxy groups -OCH3 is 1. The SMILES string of the molecule is CCCC(C)(NC(=O)c1ccn(-c2cc(C)ccc2OC)n1)C(=O)O. The van der Waals surface area contributed by atoms with E-state index < -0.39 is 17.4 Å². The van der Waals surface area contributed by atoms with Crippen molar-refractivity contribution >= 4 is 11.9 Å². The number of aryl methyl sites for hydroxylation is 1. The molecular weight excluding hydrogens is 322 g/mol. The van der Waals surface area contributed by atoms with Crippen molar-refractivity contribution in [1.29, 1.82) is 0 Å². The first-order valence-corrected chi connectivity index (χ1v) is 8.07. The number of benzene rings is 1. The Morgan fingerprint density at radius 1 is 1.36 bits per heavy atom. The summed E-state index contributed by atoms with van der Waals surface area (Å²) in [7, 11) is 1.56. The number of carbonyl (C=O) groups is 2. The van der Waals surface area contributed by atoms with Gasteiger partial charge in [-0.05, 0) is 44.0 Å². The monoisotopic (exact) mass is 345 g/mol. The minimum Gasteiger partial charge on any atom is -0.494 e. The van der Waals surface area contributed by atoms with Crippen LogP contribution in [0.2, 0.25) is 0 Å². The Morgan fingerprint density at radius 2 is 2.08 bits per heavy atom. The molecule has 134 valence electrons. The molecular formula is C18H23N3O4. The lowest BCUT2D eigenvalue weighted by atomic mass is 9.96. The van der Waals surface area contributed by atoms with Gasteiger partial charge in [0.25, 0.3) is 5.91 Å². The highest BCUT2D eigenvalue weighted by Gasteiger charge is 2.34. The molecule has 2 rings (SSSR count). The average molecular weight is 345 g/mol. The number of carbonyl (C=O) groups excluding carboxylic acids is 1. The first-order valence-electron chi connectivity index (χ1n) is 8.07. The second-order valence-electron chi connectivity index (χ2n) is 6.16. The number of carboxylic acid groups (broad SMARTS) is 1. The van der Waals surface area contributed by atoms with Crippen molar-refractivity contribution in [2.24, 2.45) is 0 Å². The molecule has 25 heavy (non-hydrogen) atoms. The number of hydrogen-bond donors (Lipinski definition) is 2. The number of nitrogens with one attached hydrogen (secondary N) is 1. The second kappa shape index (κ2) is 7.38. The van der Waals surface area contributed by atoms with Crippen LogP contribution in [0.1, 0.15) is 42.7 Å². The number of rotatable bonds is 7. The second-order valence-corrected chi connectivity index (χ2v) is 6.16. The van der Waals surface area contributed by atoms with E-state index in [0.717, 1.165) is 5.56 Å². The first kappa shape index (κ1) is 18.5. The molecule has 0 aliphatic carbocycles. The van der Waals surface area contributed by atoms with Crippen LogP contribution in [0.15, 0.2) is 30.5 Å². The van der Waals surface area contributed by atoms with Crippen molar-refractivity contribution in [3.05, 3.63) is 41.7 Å². The molecule has 7 nitrogen and oxygen atoms in total. The maximum absolute atomic E-state index is 12.4. The number of ether oxygens (including phenoxy) is 1. The highest BCUT2D eigenvalue weighted by atomic mass is 16.5. The van der Waals surface area contributed by atoms with Crippen molar-refractivity contribution in [2.45, 2.75) is 39.2 Å². The van der Waals surface area contributed by atoms with Gasteiger partial charge in [-0.2, -0.15) is 5.10 Å². The summed E-state index contributed by atoms with van der Waals surface area (Å²) in [5.41, 5.74) is 0.554. The summed E-state index contributed by atoms with van der Waals surface area (Å²) >= 11 is 0. The molecule has 0 aliphatic heterocycles. The molecule has 0 saturated heterocycles. The zero-order chi connectivity index (χ0) is 18.6. The van der Waals surface area contributed by atoms with Crippen LogP contribution < -0.4 is 10.1 Å². The van der Waals surface area contributed by atoms with Gasteiger partial charge in [-0.3, -0.25) is 4.79 Å². The fourth-order valence-corrected chi connectivity index (χ4v) is 2.60. The molecule has 1 atom stereocenters. The van der Waals surface area contributed by atoms with Gasteiger partial charge in [0.1, 0.15) is 17.0 Å². The number of aliphatic carboxylic acids is 1. The van der Waals surface area contributed by atoms with Crippen LogP contribution in [0.25, 0.3) is 5.69 Å². The molecule has 0 fully saturated rings. The molecule has 1 heterocycles. The Hall–Kier alpha value is -2.83. The number of carboxylic acids is 1. The topological polar surface area (TPSA) is 93.5 Å². The minimum absolute atomic E-state index is 0.145. The molecule has 0 bridgehead atoms. The average Bonchev–Trinajstić information content (AvgIpc) is 3.04. The van der Waals surface area contributed by atoms with Gasteiger partial charge < -0.3 is 15.2 Å². The maximum atomic E-state index is 12.4. The van der Waals surface area contributed by atoms with Gasteiger partial charge in [-0.25, -0.2) is 9.48 Å². The standard InChI is InChI=1S/C18H23N3O4/c1-5-9-18(3,17(23)24)19-16(22)13-8-10-21(20-13)14-11-12(2)6-7-15(14)25-4/h6-8,10-11H,5,9H2,1-4H3,(H,19,22)(H,23,24). The number of hydrogen-bond acceptors (Lipinski definition) is 4. The molecule has 0 saturated carbocycles. The van der Waals surface area contributed by atoms with Crippen molar-refractivity contribution in [3.8, 4) is 11.4 Å². The Bertz CT molecular complexity index is 784. The van der Waals surface area contributed by atoms with Crippen molar-refractivity contribution in [3.63, 3.8) is 0 Å². The van der Waals surface area contributed by atoms with E-state index in [4.69, 9.17) is 4.74 Å². The normalized spacial score (nSPS) is 13.1. The molecule has 1 aromatic heterocycles. The molecule has 0 aliphatic rings. The predicted molar refractivity (Wildman–Crippen MR) is 93.3 cm³/mol. The van der Waals surface area contributed by atoms with E-state index in [1.54, 1.807) is 24.1 Å². The number of amides is 1. The first-order chi connectivity index (χ1) is 11.8. The highest BCUT2D eigenvalue weighted by molar-refractivity contribution is 5.96. The van der Waals surface area contributed by atoms with E-state index in [0.29, 0.717) is 24.3 Å². The van der Waals surface area contributed by atoms with E-state index in [2.05, 4.69) is 10.4 Å². The lowest BCUT2D eigenvalue weighted by molar-refractivity contribution is -0.144. The van der Waals surface area contributed by atoms with E-state index in [1.165, 1.54) is 6.92 Å². The summed E-state index contributed by atoms with van der Waals surface area (Å²) in [6, 6.07) is 7.19. The van der Waals surface area contributed by atoms with Crippen LogP contribution in [0.4, 0.5) is 0 Å². The van der Waals surface area contributed by atoms with Gasteiger partial charge in [0, 0.05) is 6.20 Å². The summed E-state index contributed by atoms with van der Waals surface area (Å²) in [5.74, 6) is -0.965. The number of aromatic nitrogens is 2. The smallest absolute Gasteiger partial charge is 0.329 e. The quantitative estimate of drug-likeness (QED) is 0.804. The van der Waals surface area contributed by atoms with Crippen molar-refractivity contribution < 1.29 is 19.4 Å². The fraction of sp³-hybridized carbons (Fsp3) is 0.389. The van der Waals surface area contributed by atoms with Gasteiger partial charge in [0.2, 0.25) is 0 Å². The van der Waals surface area contributed by atoms with Crippen LogP contribution in [-0.2, 0) is 4.79 Å². The number of nitrogens with zero attached hydrogens (tertiary/aromatic N) is 2. The molecule has 2 aromatic rings. The summed E-state index contributed by atoms with van der Waals surface area (Å²) in [6.07, 6.45) is 2.61. The molecule has 1 unspecified atom stereocenters. The van der Waals surface area contributed by atoms with Gasteiger partial charge in [0.15, 0.2) is 5.69 Å². The largest absolute Gasteiger partial charge is 0.494 e. The molecule has 1 amide bonds. The van der Waals surface area contributed by atoms with Crippen LogP contribution in [-0.4, -0.2) is 39.4 Å². The third-order valence-electron chi connectivity index (χ3n) is 4.01. The van der Waals surface area contributed by atoms with Crippen LogP contribution >= 0.6 is 0 Å². The molecule has 0 radical (unpaired) electrons. The van der Waals surface area contributed by atoms with Gasteiger partial charge in [-0.15, -0.1) is 0 Å². The van der Waals surface area contributed by atoms with Crippen LogP contribution in [0.5, 0.6) is 5.75 Å². The van der Waals surface area contributed by atoms with Gasteiger partial charge in [-0.1, -0.05) is 19.4 Å². The van der Waals surface area contributed by atoms with Crippen molar-refractivity contribution in [1.82, 2.24) is 15.1 Å². The maximum Gasteiger partial charge on any atom is 0.329 e. The third-order valence-corrected chi connectivity index (χ3v) is 4.01. The molecule has 7 heteroatoms. The minimum atomic E-state index is -1.32. The predicted octanol–water partition coefficient (Wildman–Crippen LogP) is 2.56. The Labute approximate surface area is 146 Å². The summed E-state index contributed by atoms with van der Waals surface area (Å²) in [5, 5.41) is 16.2. The fourth-order valence-electron chi connectivity index (χ4n) is 2.60. The Balaban J connectivity index is 2.28. The Morgan fingerprint density at radius 3 is 2.68 bits per heavy atom. The lowest BCUT2D eigenvalue weighted by Gasteiger charge is -2.25. The Kier molecular flexibility index (Phi) is 5.46. The summed E-state index contributed by atoms with van der Waals surface area (Å²) in [4.78, 5) is 23.9. The zero-order valence-corrected chi connectivity index (χ0v) is 14.9. The zero-order valence-electron chi connectivity index (χ0n) is 14.9. The molecule has 1 aromatic carbocycles.